The van der Waals surface area contributed by atoms with Crippen LogP contribution in [0.1, 0.15) is 5.56 Å². The second-order valence-corrected chi connectivity index (χ2v) is 2.43. The minimum Gasteiger partial charge on any atom is -0.506 e. The Kier molecular flexibility index (Phi) is 2.33. The van der Waals surface area contributed by atoms with Crippen LogP contribution in [0.25, 0.3) is 0 Å². The molecule has 11 heavy (non-hydrogen) atoms. The molecule has 0 unspecified atom stereocenters. The van der Waals surface area contributed by atoms with Crippen molar-refractivity contribution in [1.29, 1.82) is 0 Å². The molecule has 0 bridgehead atoms. The van der Waals surface area contributed by atoms with Crippen LogP contribution in [0.2, 0.25) is 0 Å². The van der Waals surface area contributed by atoms with Crippen molar-refractivity contribution in [2.24, 2.45) is 5.73 Å². The van der Waals surface area contributed by atoms with Crippen LogP contribution in [0.15, 0.2) is 18.2 Å². The first-order valence-corrected chi connectivity index (χ1v) is 3.51. The van der Waals surface area contributed by atoms with Crippen molar-refractivity contribution in [3.8, 4) is 5.75 Å². The minimum atomic E-state index is 0.135. The molecule has 0 aliphatic rings. The third-order valence-corrected chi connectivity index (χ3v) is 1.53. The van der Waals surface area contributed by atoms with Gasteiger partial charge in [0.05, 0.1) is 5.69 Å². The normalized spacial score (nSPS) is 9.91. The number of benzene rings is 1. The monoisotopic (exact) mass is 152 g/mol. The SMILES string of the molecule is NCCc1ccc(N)c(O)c1. The van der Waals surface area contributed by atoms with Crippen molar-refractivity contribution in [2.45, 2.75) is 6.42 Å². The van der Waals surface area contributed by atoms with E-state index in [1.165, 1.54) is 0 Å². The molecule has 0 spiro atoms. The lowest BCUT2D eigenvalue weighted by atomic mass is 10.1. The Balaban J connectivity index is 2.86. The van der Waals surface area contributed by atoms with Crippen molar-refractivity contribution >= 4 is 5.69 Å². The minimum absolute atomic E-state index is 0.135. The van der Waals surface area contributed by atoms with Gasteiger partial charge in [-0.3, -0.25) is 0 Å². The van der Waals surface area contributed by atoms with Gasteiger partial charge >= 0.3 is 0 Å². The summed E-state index contributed by atoms with van der Waals surface area (Å²) < 4.78 is 0. The molecule has 0 amide bonds. The first-order valence-electron chi connectivity index (χ1n) is 3.51. The van der Waals surface area contributed by atoms with Crippen LogP contribution in [0.4, 0.5) is 5.69 Å². The molecule has 0 heterocycles. The summed E-state index contributed by atoms with van der Waals surface area (Å²) in [6.07, 6.45) is 0.772. The maximum atomic E-state index is 9.16. The lowest BCUT2D eigenvalue weighted by Crippen LogP contribution is -2.02. The van der Waals surface area contributed by atoms with Gasteiger partial charge in [0.15, 0.2) is 0 Å². The van der Waals surface area contributed by atoms with Crippen molar-refractivity contribution in [2.75, 3.05) is 12.3 Å². The highest BCUT2D eigenvalue weighted by Crippen LogP contribution is 2.20. The number of anilines is 1. The molecule has 0 fully saturated rings. The van der Waals surface area contributed by atoms with Gasteiger partial charge in [0.1, 0.15) is 5.75 Å². The predicted octanol–water partition coefficient (Wildman–Crippen LogP) is 0.476. The summed E-state index contributed by atoms with van der Waals surface area (Å²) >= 11 is 0. The lowest BCUT2D eigenvalue weighted by Gasteiger charge is -2.01. The molecule has 60 valence electrons. The molecule has 0 saturated carbocycles. The quantitative estimate of drug-likeness (QED) is 0.426. The molecule has 0 atom stereocenters. The molecule has 1 aromatic carbocycles. The molecule has 5 N–H and O–H groups in total. The first-order chi connectivity index (χ1) is 5.24. The number of phenols is 1. The van der Waals surface area contributed by atoms with Crippen molar-refractivity contribution in [3.63, 3.8) is 0 Å². The van der Waals surface area contributed by atoms with Crippen LogP contribution >= 0.6 is 0 Å². The number of phenolic OH excluding ortho intramolecular Hbond substituents is 1. The van der Waals surface area contributed by atoms with E-state index in [1.807, 2.05) is 6.07 Å². The largest absolute Gasteiger partial charge is 0.506 e. The van der Waals surface area contributed by atoms with Crippen LogP contribution in [0.3, 0.4) is 0 Å². The predicted molar refractivity (Wildman–Crippen MR) is 45.3 cm³/mol. The number of rotatable bonds is 2. The van der Waals surface area contributed by atoms with Gasteiger partial charge in [-0.2, -0.15) is 0 Å². The molecule has 0 radical (unpaired) electrons. The molecule has 0 aliphatic heterocycles. The highest BCUT2D eigenvalue weighted by Gasteiger charge is 1.96. The van der Waals surface area contributed by atoms with E-state index in [0.717, 1.165) is 12.0 Å². The highest BCUT2D eigenvalue weighted by molar-refractivity contribution is 5.52. The van der Waals surface area contributed by atoms with Crippen molar-refractivity contribution in [1.82, 2.24) is 0 Å². The maximum absolute atomic E-state index is 9.16. The van der Waals surface area contributed by atoms with Crippen LogP contribution in [0, 0.1) is 0 Å². The maximum Gasteiger partial charge on any atom is 0.138 e. The number of hydrogen-bond acceptors (Lipinski definition) is 3. The van der Waals surface area contributed by atoms with Gasteiger partial charge in [0, 0.05) is 0 Å². The van der Waals surface area contributed by atoms with Gasteiger partial charge in [-0.25, -0.2) is 0 Å². The smallest absolute Gasteiger partial charge is 0.138 e. The van der Waals surface area contributed by atoms with E-state index in [0.29, 0.717) is 12.2 Å². The second-order valence-electron chi connectivity index (χ2n) is 2.43. The number of hydrogen-bond donors (Lipinski definition) is 3. The number of nitrogens with two attached hydrogens (primary N) is 2. The van der Waals surface area contributed by atoms with Gasteiger partial charge in [-0.1, -0.05) is 6.07 Å². The standard InChI is InChI=1S/C8H12N2O/c9-4-3-6-1-2-7(10)8(11)5-6/h1-2,5,11H,3-4,9-10H2. The number of aromatic hydroxyl groups is 1. The second kappa shape index (κ2) is 3.25. The fraction of sp³-hybridized carbons (Fsp3) is 0.250. The molecule has 0 aromatic heterocycles. The van der Waals surface area contributed by atoms with Gasteiger partial charge in [0.2, 0.25) is 0 Å². The third-order valence-electron chi connectivity index (χ3n) is 1.53. The zero-order valence-corrected chi connectivity index (χ0v) is 6.25. The Bertz CT molecular complexity index is 248. The Morgan fingerprint density at radius 3 is 2.64 bits per heavy atom. The Labute approximate surface area is 65.6 Å². The summed E-state index contributed by atoms with van der Waals surface area (Å²) in [4.78, 5) is 0. The van der Waals surface area contributed by atoms with Gasteiger partial charge < -0.3 is 16.6 Å². The fourth-order valence-electron chi connectivity index (χ4n) is 0.911. The third kappa shape index (κ3) is 1.85. The average molecular weight is 152 g/mol. The molecule has 3 heteroatoms. The molecule has 1 rings (SSSR count). The summed E-state index contributed by atoms with van der Waals surface area (Å²) in [5, 5.41) is 9.16. The molecule has 0 saturated heterocycles. The van der Waals surface area contributed by atoms with Crippen LogP contribution in [0.5, 0.6) is 5.75 Å². The number of nitrogen functional groups attached to an aromatic ring is 1. The average Bonchev–Trinajstić information content (AvgIpc) is 1.98. The zero-order chi connectivity index (χ0) is 8.27. The van der Waals surface area contributed by atoms with E-state index >= 15 is 0 Å². The molecular weight excluding hydrogens is 140 g/mol. The van der Waals surface area contributed by atoms with Crippen LogP contribution < -0.4 is 11.5 Å². The fourth-order valence-corrected chi connectivity index (χ4v) is 0.911. The summed E-state index contributed by atoms with van der Waals surface area (Å²) in [6.45, 7) is 0.587. The van der Waals surface area contributed by atoms with E-state index < -0.39 is 0 Å². The first kappa shape index (κ1) is 7.88. The summed E-state index contributed by atoms with van der Waals surface area (Å²) in [6, 6.07) is 5.18. The van der Waals surface area contributed by atoms with E-state index in [9.17, 15) is 0 Å². The summed E-state index contributed by atoms with van der Waals surface area (Å²) in [5.41, 5.74) is 12.2. The molecule has 3 nitrogen and oxygen atoms in total. The van der Waals surface area contributed by atoms with Crippen LogP contribution in [-0.4, -0.2) is 11.7 Å². The van der Waals surface area contributed by atoms with Crippen molar-refractivity contribution in [3.05, 3.63) is 23.8 Å². The highest BCUT2D eigenvalue weighted by atomic mass is 16.3. The molecular formula is C8H12N2O. The van der Waals surface area contributed by atoms with Crippen molar-refractivity contribution < 1.29 is 5.11 Å². The lowest BCUT2D eigenvalue weighted by molar-refractivity contribution is 0.477. The van der Waals surface area contributed by atoms with Gasteiger partial charge in [-0.15, -0.1) is 0 Å². The van der Waals surface area contributed by atoms with Crippen LogP contribution in [-0.2, 0) is 6.42 Å². The van der Waals surface area contributed by atoms with E-state index in [4.69, 9.17) is 16.6 Å². The van der Waals surface area contributed by atoms with E-state index in [2.05, 4.69) is 0 Å². The summed E-state index contributed by atoms with van der Waals surface area (Å²) in [7, 11) is 0. The Morgan fingerprint density at radius 1 is 1.36 bits per heavy atom. The van der Waals surface area contributed by atoms with Gasteiger partial charge in [-0.05, 0) is 30.7 Å². The summed E-state index contributed by atoms with van der Waals surface area (Å²) in [5.74, 6) is 0.135. The Hall–Kier alpha value is -1.22. The topological polar surface area (TPSA) is 72.3 Å². The Morgan fingerprint density at radius 2 is 2.09 bits per heavy atom. The van der Waals surface area contributed by atoms with E-state index in [1.54, 1.807) is 12.1 Å². The molecule has 0 aliphatic carbocycles. The van der Waals surface area contributed by atoms with E-state index in [-0.39, 0.29) is 5.75 Å². The zero-order valence-electron chi connectivity index (χ0n) is 6.25. The van der Waals surface area contributed by atoms with Gasteiger partial charge in [0.25, 0.3) is 0 Å². The molecule has 1 aromatic rings.